The van der Waals surface area contributed by atoms with Gasteiger partial charge in [-0.2, -0.15) is 0 Å². The summed E-state index contributed by atoms with van der Waals surface area (Å²) in [7, 11) is 0. The van der Waals surface area contributed by atoms with Crippen LogP contribution in [0.5, 0.6) is 0 Å². The molecule has 0 saturated heterocycles. The van der Waals surface area contributed by atoms with E-state index in [9.17, 15) is 19.2 Å². The van der Waals surface area contributed by atoms with Crippen LogP contribution in [0.2, 0.25) is 10.0 Å². The summed E-state index contributed by atoms with van der Waals surface area (Å²) in [6.45, 7) is -0.605. The molecule has 2 aromatic rings. The normalized spacial score (nSPS) is 10.0. The number of benzene rings is 2. The third-order valence-corrected chi connectivity index (χ3v) is 4.07. The molecule has 8 nitrogen and oxygen atoms in total. The molecule has 29 heavy (non-hydrogen) atoms. The Kier molecular flexibility index (Phi) is 8.45. The Labute approximate surface area is 176 Å². The number of rotatable bonds is 7. The van der Waals surface area contributed by atoms with E-state index in [1.807, 2.05) is 0 Å². The lowest BCUT2D eigenvalue weighted by Gasteiger charge is -2.09. The zero-order valence-electron chi connectivity index (χ0n) is 15.0. The number of carbonyl (C=O) groups excluding carboxylic acids is 4. The first-order valence-corrected chi connectivity index (χ1v) is 9.15. The maximum Gasteiger partial charge on any atom is 0.306 e. The summed E-state index contributed by atoms with van der Waals surface area (Å²) >= 11 is 11.7. The number of hydrogen-bond donors (Lipinski definition) is 3. The van der Waals surface area contributed by atoms with Crippen LogP contribution < -0.4 is 16.2 Å². The first-order chi connectivity index (χ1) is 13.8. The second-order valence-corrected chi connectivity index (χ2v) is 6.54. The molecule has 152 valence electrons. The highest BCUT2D eigenvalue weighted by molar-refractivity contribution is 6.33. The quantitative estimate of drug-likeness (QED) is 0.455. The summed E-state index contributed by atoms with van der Waals surface area (Å²) in [5, 5.41) is 3.41. The fourth-order valence-corrected chi connectivity index (χ4v) is 2.35. The van der Waals surface area contributed by atoms with Crippen LogP contribution in [0.25, 0.3) is 0 Å². The topological polar surface area (TPSA) is 114 Å². The molecule has 0 aromatic heterocycles. The number of carbonyl (C=O) groups is 4. The maximum atomic E-state index is 11.8. The zero-order valence-corrected chi connectivity index (χ0v) is 16.5. The number of hydrogen-bond acceptors (Lipinski definition) is 5. The summed E-state index contributed by atoms with van der Waals surface area (Å²) in [5.41, 5.74) is 5.01. The largest absolute Gasteiger partial charge is 0.455 e. The van der Waals surface area contributed by atoms with Crippen molar-refractivity contribution in [3.8, 4) is 0 Å². The molecule has 0 aliphatic rings. The fourth-order valence-electron chi connectivity index (χ4n) is 2.05. The Hall–Kier alpha value is -3.10. The zero-order chi connectivity index (χ0) is 21.2. The standard InChI is InChI=1S/C19H17Cl2N3O5/c20-13-7-5-12(6-8-13)19(28)24-23-17(26)11-29-18(27)10-9-16(25)22-15-4-2-1-3-14(15)21/h1-8H,9-11H2,(H,22,25)(H,23,26)(H,24,28). The third kappa shape index (κ3) is 7.81. The van der Waals surface area contributed by atoms with Gasteiger partial charge in [-0.3, -0.25) is 30.0 Å². The van der Waals surface area contributed by atoms with E-state index in [2.05, 4.69) is 16.2 Å². The molecule has 0 atom stereocenters. The van der Waals surface area contributed by atoms with Gasteiger partial charge in [0, 0.05) is 17.0 Å². The molecule has 0 fully saturated rings. The molecule has 0 saturated carbocycles. The number of anilines is 1. The Morgan fingerprint density at radius 1 is 0.828 bits per heavy atom. The van der Waals surface area contributed by atoms with Gasteiger partial charge in [0.25, 0.3) is 11.8 Å². The lowest BCUT2D eigenvalue weighted by atomic mass is 10.2. The minimum atomic E-state index is -0.738. The molecule has 10 heteroatoms. The molecule has 0 unspecified atom stereocenters. The van der Waals surface area contributed by atoms with Crippen LogP contribution in [0, 0.1) is 0 Å². The van der Waals surface area contributed by atoms with Crippen LogP contribution in [-0.4, -0.2) is 30.3 Å². The maximum absolute atomic E-state index is 11.8. The fraction of sp³-hybridized carbons (Fsp3) is 0.158. The third-order valence-electron chi connectivity index (χ3n) is 3.49. The molecule has 0 radical (unpaired) electrons. The number of ether oxygens (including phenoxy) is 1. The number of halogens is 2. The van der Waals surface area contributed by atoms with E-state index >= 15 is 0 Å². The lowest BCUT2D eigenvalue weighted by Crippen LogP contribution is -2.43. The molecule has 2 aromatic carbocycles. The van der Waals surface area contributed by atoms with E-state index in [0.717, 1.165) is 0 Å². The van der Waals surface area contributed by atoms with Gasteiger partial charge in [0.15, 0.2) is 6.61 Å². The average Bonchev–Trinajstić information content (AvgIpc) is 2.71. The first kappa shape index (κ1) is 22.2. The Bertz CT molecular complexity index is 903. The highest BCUT2D eigenvalue weighted by Gasteiger charge is 2.12. The summed E-state index contributed by atoms with van der Waals surface area (Å²) in [6, 6.07) is 12.7. The number of para-hydroxylation sites is 1. The Morgan fingerprint density at radius 2 is 1.52 bits per heavy atom. The molecule has 0 aliphatic heterocycles. The van der Waals surface area contributed by atoms with Crippen molar-refractivity contribution in [2.24, 2.45) is 0 Å². The average molecular weight is 438 g/mol. The second-order valence-electron chi connectivity index (χ2n) is 5.70. The van der Waals surface area contributed by atoms with E-state index in [4.69, 9.17) is 27.9 Å². The molecule has 2 rings (SSSR count). The van der Waals surface area contributed by atoms with Crippen molar-refractivity contribution >= 4 is 52.6 Å². The van der Waals surface area contributed by atoms with E-state index < -0.39 is 30.3 Å². The number of amides is 3. The highest BCUT2D eigenvalue weighted by atomic mass is 35.5. The Morgan fingerprint density at radius 3 is 2.21 bits per heavy atom. The predicted octanol–water partition coefficient (Wildman–Crippen LogP) is 2.72. The number of hydrazine groups is 1. The van der Waals surface area contributed by atoms with Crippen LogP contribution in [-0.2, 0) is 19.1 Å². The van der Waals surface area contributed by atoms with Gasteiger partial charge in [-0.15, -0.1) is 0 Å². The minimum absolute atomic E-state index is 0.140. The second kappa shape index (κ2) is 11.0. The van der Waals surface area contributed by atoms with Crippen molar-refractivity contribution in [1.29, 1.82) is 0 Å². The summed E-state index contributed by atoms with van der Waals surface area (Å²) in [6.07, 6.45) is -0.361. The first-order valence-electron chi connectivity index (χ1n) is 8.40. The summed E-state index contributed by atoms with van der Waals surface area (Å²) < 4.78 is 4.76. The van der Waals surface area contributed by atoms with Gasteiger partial charge in [-0.25, -0.2) is 0 Å². The lowest BCUT2D eigenvalue weighted by molar-refractivity contribution is -0.149. The van der Waals surface area contributed by atoms with Crippen molar-refractivity contribution in [1.82, 2.24) is 10.9 Å². The van der Waals surface area contributed by atoms with Crippen molar-refractivity contribution in [2.45, 2.75) is 12.8 Å². The van der Waals surface area contributed by atoms with Gasteiger partial charge in [-0.1, -0.05) is 35.3 Å². The monoisotopic (exact) mass is 437 g/mol. The van der Waals surface area contributed by atoms with Gasteiger partial charge >= 0.3 is 5.97 Å². The van der Waals surface area contributed by atoms with Gasteiger partial charge in [0.1, 0.15) is 0 Å². The molecular formula is C19H17Cl2N3O5. The summed E-state index contributed by atoms with van der Waals surface area (Å²) in [4.78, 5) is 46.9. The van der Waals surface area contributed by atoms with Gasteiger partial charge in [-0.05, 0) is 36.4 Å². The van der Waals surface area contributed by atoms with Gasteiger partial charge < -0.3 is 10.1 Å². The predicted molar refractivity (Wildman–Crippen MR) is 107 cm³/mol. The molecule has 3 N–H and O–H groups in total. The van der Waals surface area contributed by atoms with Crippen LogP contribution >= 0.6 is 23.2 Å². The highest BCUT2D eigenvalue weighted by Crippen LogP contribution is 2.20. The van der Waals surface area contributed by atoms with E-state index in [1.54, 1.807) is 24.3 Å². The van der Waals surface area contributed by atoms with Crippen LogP contribution in [0.4, 0.5) is 5.69 Å². The molecule has 0 spiro atoms. The van der Waals surface area contributed by atoms with E-state index in [-0.39, 0.29) is 18.4 Å². The van der Waals surface area contributed by atoms with Crippen molar-refractivity contribution in [3.63, 3.8) is 0 Å². The van der Waals surface area contributed by atoms with E-state index in [0.29, 0.717) is 15.7 Å². The molecule has 0 aliphatic carbocycles. The van der Waals surface area contributed by atoms with Crippen LogP contribution in [0.1, 0.15) is 23.2 Å². The Balaban J connectivity index is 1.64. The van der Waals surface area contributed by atoms with Gasteiger partial charge in [0.05, 0.1) is 17.1 Å². The number of esters is 1. The minimum Gasteiger partial charge on any atom is -0.455 e. The van der Waals surface area contributed by atoms with Crippen molar-refractivity contribution < 1.29 is 23.9 Å². The van der Waals surface area contributed by atoms with Crippen LogP contribution in [0.3, 0.4) is 0 Å². The molecular weight excluding hydrogens is 421 g/mol. The van der Waals surface area contributed by atoms with Crippen molar-refractivity contribution in [2.75, 3.05) is 11.9 Å². The SMILES string of the molecule is O=C(COC(=O)CCC(=O)Nc1ccccc1Cl)NNC(=O)c1ccc(Cl)cc1. The van der Waals surface area contributed by atoms with E-state index in [1.165, 1.54) is 24.3 Å². The van der Waals surface area contributed by atoms with Crippen molar-refractivity contribution in [3.05, 3.63) is 64.1 Å². The number of nitrogens with one attached hydrogen (secondary N) is 3. The molecule has 0 heterocycles. The molecule has 0 bridgehead atoms. The molecule has 3 amide bonds. The summed E-state index contributed by atoms with van der Waals surface area (Å²) in [5.74, 6) is -2.45. The smallest absolute Gasteiger partial charge is 0.306 e. The van der Waals surface area contributed by atoms with Gasteiger partial charge in [0.2, 0.25) is 5.91 Å². The van der Waals surface area contributed by atoms with Crippen LogP contribution in [0.15, 0.2) is 48.5 Å².